The van der Waals surface area contributed by atoms with Crippen LogP contribution in [0.1, 0.15) is 5.56 Å². The van der Waals surface area contributed by atoms with Crippen molar-refractivity contribution in [2.45, 2.75) is 13.3 Å². The van der Waals surface area contributed by atoms with E-state index < -0.39 is 6.43 Å². The maximum absolute atomic E-state index is 12.2. The summed E-state index contributed by atoms with van der Waals surface area (Å²) >= 11 is 0. The standard InChI is InChI=1S/C8H13F2N5/c1-5-7(14-11)12-4-13-8(5)15(2)3-6(9)10/h4,6H,3,11H2,1-2H3,(H,12,13,14). The lowest BCUT2D eigenvalue weighted by atomic mass is 10.3. The first-order chi connectivity index (χ1) is 7.06. The van der Waals surface area contributed by atoms with Crippen molar-refractivity contribution < 1.29 is 8.78 Å². The van der Waals surface area contributed by atoms with Crippen LogP contribution in [0.25, 0.3) is 0 Å². The van der Waals surface area contributed by atoms with E-state index in [0.717, 1.165) is 0 Å². The van der Waals surface area contributed by atoms with Gasteiger partial charge in [0.05, 0.1) is 6.54 Å². The van der Waals surface area contributed by atoms with Gasteiger partial charge in [-0.25, -0.2) is 24.6 Å². The Labute approximate surface area is 86.3 Å². The summed E-state index contributed by atoms with van der Waals surface area (Å²) in [6.07, 6.45) is -1.13. The summed E-state index contributed by atoms with van der Waals surface area (Å²) in [6.45, 7) is 1.34. The minimum Gasteiger partial charge on any atom is -0.354 e. The summed E-state index contributed by atoms with van der Waals surface area (Å²) in [7, 11) is 1.54. The van der Waals surface area contributed by atoms with Crippen molar-refractivity contribution in [2.24, 2.45) is 5.84 Å². The molecule has 3 N–H and O–H groups in total. The first-order valence-electron chi connectivity index (χ1n) is 4.33. The Morgan fingerprint density at radius 2 is 2.20 bits per heavy atom. The zero-order chi connectivity index (χ0) is 11.4. The van der Waals surface area contributed by atoms with Gasteiger partial charge in [0.1, 0.15) is 18.0 Å². The van der Waals surface area contributed by atoms with Crippen molar-refractivity contribution in [1.29, 1.82) is 0 Å². The lowest BCUT2D eigenvalue weighted by molar-refractivity contribution is 0.156. The highest BCUT2D eigenvalue weighted by Crippen LogP contribution is 2.20. The zero-order valence-electron chi connectivity index (χ0n) is 8.54. The van der Waals surface area contributed by atoms with Crippen LogP contribution in [-0.4, -0.2) is 30.0 Å². The number of hydrazine groups is 1. The highest BCUT2D eigenvalue weighted by Gasteiger charge is 2.13. The number of nitrogen functional groups attached to an aromatic ring is 1. The average molecular weight is 217 g/mol. The Balaban J connectivity index is 2.93. The van der Waals surface area contributed by atoms with E-state index in [1.807, 2.05) is 0 Å². The maximum Gasteiger partial charge on any atom is 0.255 e. The van der Waals surface area contributed by atoms with E-state index in [4.69, 9.17) is 5.84 Å². The zero-order valence-corrected chi connectivity index (χ0v) is 8.54. The van der Waals surface area contributed by atoms with Crippen LogP contribution in [0.15, 0.2) is 6.33 Å². The summed E-state index contributed by atoms with van der Waals surface area (Å²) < 4.78 is 24.3. The summed E-state index contributed by atoms with van der Waals surface area (Å²) in [4.78, 5) is 9.15. The van der Waals surface area contributed by atoms with Crippen LogP contribution in [0.4, 0.5) is 20.4 Å². The molecule has 5 nitrogen and oxygen atoms in total. The molecular formula is C8H13F2N5. The number of nitrogens with zero attached hydrogens (tertiary/aromatic N) is 3. The van der Waals surface area contributed by atoms with Gasteiger partial charge in [-0.15, -0.1) is 0 Å². The topological polar surface area (TPSA) is 67.1 Å². The van der Waals surface area contributed by atoms with Gasteiger partial charge in [0, 0.05) is 12.6 Å². The number of aromatic nitrogens is 2. The molecule has 0 bridgehead atoms. The SMILES string of the molecule is Cc1c(NN)ncnc1N(C)CC(F)F. The van der Waals surface area contributed by atoms with Gasteiger partial charge in [0.2, 0.25) is 0 Å². The molecule has 84 valence electrons. The fourth-order valence-electron chi connectivity index (χ4n) is 1.26. The lowest BCUT2D eigenvalue weighted by Crippen LogP contribution is -2.26. The number of nitrogens with two attached hydrogens (primary N) is 1. The molecule has 0 unspecified atom stereocenters. The molecule has 0 amide bonds. The van der Waals surface area contributed by atoms with Crippen LogP contribution in [0, 0.1) is 6.92 Å². The van der Waals surface area contributed by atoms with Crippen molar-refractivity contribution in [3.63, 3.8) is 0 Å². The number of nitrogens with one attached hydrogen (secondary N) is 1. The number of hydrogen-bond acceptors (Lipinski definition) is 5. The second kappa shape index (κ2) is 4.83. The molecule has 0 radical (unpaired) electrons. The fourth-order valence-corrected chi connectivity index (χ4v) is 1.26. The van der Waals surface area contributed by atoms with E-state index in [9.17, 15) is 8.78 Å². The third kappa shape index (κ3) is 2.72. The first kappa shape index (κ1) is 11.6. The predicted molar refractivity (Wildman–Crippen MR) is 53.9 cm³/mol. The molecular weight excluding hydrogens is 204 g/mol. The summed E-state index contributed by atoms with van der Waals surface area (Å²) in [5.41, 5.74) is 3.02. The summed E-state index contributed by atoms with van der Waals surface area (Å²) in [5, 5.41) is 0. The number of halogens is 2. The molecule has 1 aromatic heterocycles. The third-order valence-electron chi connectivity index (χ3n) is 1.97. The smallest absolute Gasteiger partial charge is 0.255 e. The molecule has 7 heteroatoms. The molecule has 1 aromatic rings. The van der Waals surface area contributed by atoms with Crippen LogP contribution in [0.2, 0.25) is 0 Å². The van der Waals surface area contributed by atoms with E-state index in [1.165, 1.54) is 11.2 Å². The van der Waals surface area contributed by atoms with Crippen molar-refractivity contribution >= 4 is 11.6 Å². The number of alkyl halides is 2. The van der Waals surface area contributed by atoms with Crippen molar-refractivity contribution in [3.8, 4) is 0 Å². The van der Waals surface area contributed by atoms with Crippen molar-refractivity contribution in [2.75, 3.05) is 23.9 Å². The van der Waals surface area contributed by atoms with E-state index in [2.05, 4.69) is 15.4 Å². The van der Waals surface area contributed by atoms with Crippen LogP contribution >= 0.6 is 0 Å². The lowest BCUT2D eigenvalue weighted by Gasteiger charge is -2.20. The Hall–Kier alpha value is -1.50. The normalized spacial score (nSPS) is 10.5. The van der Waals surface area contributed by atoms with Gasteiger partial charge in [-0.2, -0.15) is 0 Å². The van der Waals surface area contributed by atoms with Gasteiger partial charge >= 0.3 is 0 Å². The van der Waals surface area contributed by atoms with Crippen LogP contribution in [-0.2, 0) is 0 Å². The summed E-state index contributed by atoms with van der Waals surface area (Å²) in [6, 6.07) is 0. The number of anilines is 2. The highest BCUT2D eigenvalue weighted by atomic mass is 19.3. The monoisotopic (exact) mass is 217 g/mol. The quantitative estimate of drug-likeness (QED) is 0.576. The maximum atomic E-state index is 12.2. The predicted octanol–water partition coefficient (Wildman–Crippen LogP) is 0.772. The molecule has 0 saturated carbocycles. The van der Waals surface area contributed by atoms with Gasteiger partial charge in [0.25, 0.3) is 6.43 Å². The van der Waals surface area contributed by atoms with Crippen LogP contribution in [0.5, 0.6) is 0 Å². The van der Waals surface area contributed by atoms with Gasteiger partial charge in [-0.05, 0) is 6.92 Å². The molecule has 0 aliphatic rings. The van der Waals surface area contributed by atoms with Crippen molar-refractivity contribution in [3.05, 3.63) is 11.9 Å². The molecule has 0 atom stereocenters. The minimum absolute atomic E-state index is 0.373. The Morgan fingerprint density at radius 1 is 1.53 bits per heavy atom. The molecule has 0 fully saturated rings. The highest BCUT2D eigenvalue weighted by molar-refractivity contribution is 5.56. The van der Waals surface area contributed by atoms with Crippen LogP contribution < -0.4 is 16.2 Å². The average Bonchev–Trinajstić information content (AvgIpc) is 2.17. The largest absolute Gasteiger partial charge is 0.354 e. The molecule has 1 heterocycles. The second-order valence-electron chi connectivity index (χ2n) is 3.09. The summed E-state index contributed by atoms with van der Waals surface area (Å²) in [5.74, 6) is 6.09. The van der Waals surface area contributed by atoms with Gasteiger partial charge in [-0.3, -0.25) is 0 Å². The van der Waals surface area contributed by atoms with E-state index in [0.29, 0.717) is 17.2 Å². The fraction of sp³-hybridized carbons (Fsp3) is 0.500. The Kier molecular flexibility index (Phi) is 3.73. The third-order valence-corrected chi connectivity index (χ3v) is 1.97. The number of hydrogen-bond donors (Lipinski definition) is 2. The van der Waals surface area contributed by atoms with E-state index in [-0.39, 0.29) is 6.54 Å². The van der Waals surface area contributed by atoms with Gasteiger partial charge in [-0.1, -0.05) is 0 Å². The van der Waals surface area contributed by atoms with E-state index in [1.54, 1.807) is 14.0 Å². The van der Waals surface area contributed by atoms with Gasteiger partial charge in [0.15, 0.2) is 0 Å². The van der Waals surface area contributed by atoms with Gasteiger partial charge < -0.3 is 10.3 Å². The Morgan fingerprint density at radius 3 is 2.73 bits per heavy atom. The molecule has 15 heavy (non-hydrogen) atoms. The van der Waals surface area contributed by atoms with Crippen LogP contribution in [0.3, 0.4) is 0 Å². The number of rotatable bonds is 4. The second-order valence-corrected chi connectivity index (χ2v) is 3.09. The molecule has 0 spiro atoms. The molecule has 1 rings (SSSR count). The molecule has 0 aliphatic carbocycles. The van der Waals surface area contributed by atoms with E-state index >= 15 is 0 Å². The molecule has 0 aromatic carbocycles. The Bertz CT molecular complexity index is 331. The minimum atomic E-state index is -2.40. The van der Waals surface area contributed by atoms with Crippen molar-refractivity contribution in [1.82, 2.24) is 9.97 Å². The first-order valence-corrected chi connectivity index (χ1v) is 4.33. The molecule has 0 aliphatic heterocycles. The molecule has 0 saturated heterocycles.